The zero-order chi connectivity index (χ0) is 17.5. The van der Waals surface area contributed by atoms with Crippen LogP contribution in [0, 0.1) is 5.92 Å². The monoisotopic (exact) mass is 332 g/mol. The summed E-state index contributed by atoms with van der Waals surface area (Å²) in [4.78, 5) is 34.0. The number of carboxylic acids is 1. The van der Waals surface area contributed by atoms with Crippen LogP contribution in [0.5, 0.6) is 0 Å². The van der Waals surface area contributed by atoms with E-state index in [2.05, 4.69) is 10.6 Å². The molecular formula is C18H24N2O4. The first-order valence-electron chi connectivity index (χ1n) is 8.37. The Balaban J connectivity index is 1.74. The Bertz CT molecular complexity index is 594. The highest BCUT2D eigenvalue weighted by molar-refractivity contribution is 5.94. The Morgan fingerprint density at radius 2 is 1.75 bits per heavy atom. The van der Waals surface area contributed by atoms with Gasteiger partial charge in [0, 0.05) is 24.4 Å². The first-order valence-corrected chi connectivity index (χ1v) is 8.37. The van der Waals surface area contributed by atoms with E-state index in [9.17, 15) is 14.4 Å². The number of anilines is 1. The van der Waals surface area contributed by atoms with E-state index in [0.717, 1.165) is 24.1 Å². The van der Waals surface area contributed by atoms with Crippen molar-refractivity contribution < 1.29 is 19.5 Å². The molecule has 0 bridgehead atoms. The smallest absolute Gasteiger partial charge is 0.303 e. The van der Waals surface area contributed by atoms with E-state index in [-0.39, 0.29) is 30.2 Å². The predicted octanol–water partition coefficient (Wildman–Crippen LogP) is 2.86. The first-order chi connectivity index (χ1) is 11.5. The molecule has 0 spiro atoms. The number of unbranched alkanes of at least 4 members (excludes halogenated alkanes) is 1. The lowest BCUT2D eigenvalue weighted by atomic mass is 10.1. The fraction of sp³-hybridized carbons (Fsp3) is 0.500. The van der Waals surface area contributed by atoms with Crippen molar-refractivity contribution >= 4 is 23.5 Å². The maximum atomic E-state index is 11.9. The van der Waals surface area contributed by atoms with Crippen molar-refractivity contribution in [2.75, 3.05) is 5.32 Å². The van der Waals surface area contributed by atoms with Gasteiger partial charge in [-0.2, -0.15) is 0 Å². The molecule has 0 aliphatic heterocycles. The second-order valence-corrected chi connectivity index (χ2v) is 6.28. The molecule has 130 valence electrons. The Morgan fingerprint density at radius 3 is 2.33 bits per heavy atom. The highest BCUT2D eigenvalue weighted by Gasteiger charge is 2.29. The van der Waals surface area contributed by atoms with E-state index in [1.165, 1.54) is 0 Å². The maximum Gasteiger partial charge on any atom is 0.303 e. The van der Waals surface area contributed by atoms with Crippen molar-refractivity contribution in [2.45, 2.75) is 51.5 Å². The SMILES string of the molecule is CC(NC(=O)CCCCC(=O)O)c1ccc(NC(=O)C2CC2)cc1. The number of carbonyl (C=O) groups excluding carboxylic acids is 2. The molecule has 1 unspecified atom stereocenters. The van der Waals surface area contributed by atoms with Crippen LogP contribution in [0.2, 0.25) is 0 Å². The molecule has 1 atom stereocenters. The van der Waals surface area contributed by atoms with Gasteiger partial charge in [-0.1, -0.05) is 12.1 Å². The van der Waals surface area contributed by atoms with Crippen LogP contribution in [0.4, 0.5) is 5.69 Å². The number of hydrogen-bond donors (Lipinski definition) is 3. The summed E-state index contributed by atoms with van der Waals surface area (Å²) in [7, 11) is 0. The Hall–Kier alpha value is -2.37. The molecule has 2 amide bonds. The third-order valence-electron chi connectivity index (χ3n) is 4.05. The summed E-state index contributed by atoms with van der Waals surface area (Å²) >= 11 is 0. The number of amides is 2. The van der Waals surface area contributed by atoms with Crippen LogP contribution in [0.25, 0.3) is 0 Å². The highest BCUT2D eigenvalue weighted by atomic mass is 16.4. The summed E-state index contributed by atoms with van der Waals surface area (Å²) in [5.74, 6) is -0.675. The summed E-state index contributed by atoms with van der Waals surface area (Å²) in [5, 5.41) is 14.3. The zero-order valence-electron chi connectivity index (χ0n) is 13.9. The Morgan fingerprint density at radius 1 is 1.12 bits per heavy atom. The Kier molecular flexibility index (Phi) is 6.35. The number of carboxylic acid groups (broad SMARTS) is 1. The van der Waals surface area contributed by atoms with Crippen molar-refractivity contribution in [2.24, 2.45) is 5.92 Å². The van der Waals surface area contributed by atoms with Crippen molar-refractivity contribution in [1.29, 1.82) is 0 Å². The number of hydrogen-bond acceptors (Lipinski definition) is 3. The molecular weight excluding hydrogens is 308 g/mol. The minimum Gasteiger partial charge on any atom is -0.481 e. The van der Waals surface area contributed by atoms with Gasteiger partial charge in [0.1, 0.15) is 0 Å². The third kappa shape index (κ3) is 6.02. The van der Waals surface area contributed by atoms with Crippen LogP contribution in [0.3, 0.4) is 0 Å². The maximum absolute atomic E-state index is 11.9. The number of benzene rings is 1. The van der Waals surface area contributed by atoms with E-state index in [1.807, 2.05) is 31.2 Å². The first kappa shape index (κ1) is 18.0. The molecule has 1 saturated carbocycles. The molecule has 6 heteroatoms. The molecule has 0 radical (unpaired) electrons. The summed E-state index contributed by atoms with van der Waals surface area (Å²) in [6, 6.07) is 7.32. The standard InChI is InChI=1S/C18H24N2O4/c1-12(19-16(21)4-2-3-5-17(22)23)13-8-10-15(11-9-13)20-18(24)14-6-7-14/h8-12,14H,2-7H2,1H3,(H,19,21)(H,20,24)(H,22,23). The number of nitrogens with one attached hydrogen (secondary N) is 2. The van der Waals surface area contributed by atoms with Gasteiger partial charge in [0.25, 0.3) is 0 Å². The van der Waals surface area contributed by atoms with Gasteiger partial charge in [0.15, 0.2) is 0 Å². The lowest BCUT2D eigenvalue weighted by Gasteiger charge is -2.15. The van der Waals surface area contributed by atoms with E-state index in [4.69, 9.17) is 5.11 Å². The summed E-state index contributed by atoms with van der Waals surface area (Å²) in [6.45, 7) is 1.90. The van der Waals surface area contributed by atoms with E-state index >= 15 is 0 Å². The molecule has 6 nitrogen and oxygen atoms in total. The van der Waals surface area contributed by atoms with E-state index in [0.29, 0.717) is 19.3 Å². The van der Waals surface area contributed by atoms with Gasteiger partial charge >= 0.3 is 5.97 Å². The molecule has 1 aromatic rings. The number of aliphatic carboxylic acids is 1. The molecule has 2 rings (SSSR count). The van der Waals surface area contributed by atoms with Gasteiger partial charge < -0.3 is 15.7 Å². The Labute approximate surface area is 141 Å². The minimum atomic E-state index is -0.836. The lowest BCUT2D eigenvalue weighted by Crippen LogP contribution is -2.26. The van der Waals surface area contributed by atoms with E-state index in [1.54, 1.807) is 0 Å². The van der Waals surface area contributed by atoms with Crippen LogP contribution in [0.15, 0.2) is 24.3 Å². The average Bonchev–Trinajstić information content (AvgIpc) is 3.37. The second kappa shape index (κ2) is 8.47. The molecule has 0 aromatic heterocycles. The van der Waals surface area contributed by atoms with Crippen LogP contribution in [-0.2, 0) is 14.4 Å². The molecule has 24 heavy (non-hydrogen) atoms. The molecule has 3 N–H and O–H groups in total. The molecule has 1 aliphatic rings. The molecule has 0 heterocycles. The molecule has 0 saturated heterocycles. The summed E-state index contributed by atoms with van der Waals surface area (Å²) in [5.41, 5.74) is 1.72. The van der Waals surface area contributed by atoms with Gasteiger partial charge in [-0.25, -0.2) is 0 Å². The van der Waals surface area contributed by atoms with Crippen molar-refractivity contribution in [3.8, 4) is 0 Å². The summed E-state index contributed by atoms with van der Waals surface area (Å²) < 4.78 is 0. The topological polar surface area (TPSA) is 95.5 Å². The molecule has 1 aromatic carbocycles. The van der Waals surface area contributed by atoms with Crippen LogP contribution >= 0.6 is 0 Å². The van der Waals surface area contributed by atoms with Crippen LogP contribution in [-0.4, -0.2) is 22.9 Å². The highest BCUT2D eigenvalue weighted by Crippen LogP contribution is 2.30. The van der Waals surface area contributed by atoms with Gasteiger partial charge in [-0.3, -0.25) is 14.4 Å². The van der Waals surface area contributed by atoms with Gasteiger partial charge in [0.05, 0.1) is 6.04 Å². The number of rotatable bonds is 9. The van der Waals surface area contributed by atoms with Crippen molar-refractivity contribution in [3.63, 3.8) is 0 Å². The summed E-state index contributed by atoms with van der Waals surface area (Å²) in [6.07, 6.45) is 3.44. The van der Waals surface area contributed by atoms with Gasteiger partial charge in [-0.05, 0) is 50.3 Å². The third-order valence-corrected chi connectivity index (χ3v) is 4.05. The van der Waals surface area contributed by atoms with Crippen LogP contribution in [0.1, 0.15) is 57.1 Å². The largest absolute Gasteiger partial charge is 0.481 e. The fourth-order valence-electron chi connectivity index (χ4n) is 2.40. The van der Waals surface area contributed by atoms with E-state index < -0.39 is 5.97 Å². The van der Waals surface area contributed by atoms with Crippen LogP contribution < -0.4 is 10.6 Å². The normalized spacial score (nSPS) is 14.7. The van der Waals surface area contributed by atoms with Gasteiger partial charge in [0.2, 0.25) is 11.8 Å². The zero-order valence-corrected chi connectivity index (χ0v) is 13.9. The van der Waals surface area contributed by atoms with Crippen molar-refractivity contribution in [1.82, 2.24) is 5.32 Å². The molecule has 1 fully saturated rings. The van der Waals surface area contributed by atoms with Gasteiger partial charge in [-0.15, -0.1) is 0 Å². The second-order valence-electron chi connectivity index (χ2n) is 6.28. The fourth-order valence-corrected chi connectivity index (χ4v) is 2.40. The number of carbonyl (C=O) groups is 3. The predicted molar refractivity (Wildman–Crippen MR) is 90.5 cm³/mol. The molecule has 1 aliphatic carbocycles. The quantitative estimate of drug-likeness (QED) is 0.606. The minimum absolute atomic E-state index is 0.0745. The average molecular weight is 332 g/mol. The van der Waals surface area contributed by atoms with Crippen molar-refractivity contribution in [3.05, 3.63) is 29.8 Å². The lowest BCUT2D eigenvalue weighted by molar-refractivity contribution is -0.137.